The first-order valence-corrected chi connectivity index (χ1v) is 3.11. The maximum atomic E-state index is 3.39. The van der Waals surface area contributed by atoms with Gasteiger partial charge in [-0.15, -0.1) is 16.8 Å². The van der Waals surface area contributed by atoms with Gasteiger partial charge in [0.25, 0.3) is 0 Å². The van der Waals surface area contributed by atoms with Crippen molar-refractivity contribution in [2.75, 3.05) is 0 Å². The minimum absolute atomic E-state index is 0. The van der Waals surface area contributed by atoms with Gasteiger partial charge in [0.2, 0.25) is 0 Å². The molecule has 0 heterocycles. The molecular formula is C4H11PtSi-. The smallest absolute Gasteiger partial charge is 0 e. The Kier molecular flexibility index (Phi) is 120. The van der Waals surface area contributed by atoms with E-state index in [1.165, 1.54) is 0 Å². The molecule has 0 atom stereocenters. The van der Waals surface area contributed by atoms with Crippen molar-refractivity contribution in [1.82, 2.24) is 0 Å². The Morgan fingerprint density at radius 3 is 1.67 bits per heavy atom. The van der Waals surface area contributed by atoms with Gasteiger partial charge in [-0.3, -0.25) is 0 Å². The molecule has 2 heteroatoms. The van der Waals surface area contributed by atoms with E-state index < -0.39 is 0 Å². The van der Waals surface area contributed by atoms with E-state index in [1.54, 1.807) is 6.08 Å². The normalized spacial score (nSPS) is 3.67. The van der Waals surface area contributed by atoms with E-state index in [4.69, 9.17) is 0 Å². The van der Waals surface area contributed by atoms with Crippen LogP contribution in [-0.2, 0) is 21.1 Å². The van der Waals surface area contributed by atoms with Gasteiger partial charge < -0.3 is 6.55 Å². The standard InChI is InChI=1S/C3H6.CH5Si.Pt/c1-3-2;1-2;/h3H,1H2,2H3;1H2,2H3;/q;-1;. The van der Waals surface area contributed by atoms with Crippen LogP contribution < -0.4 is 0 Å². The average molecular weight is 282 g/mol. The van der Waals surface area contributed by atoms with Crippen molar-refractivity contribution in [2.24, 2.45) is 0 Å². The van der Waals surface area contributed by atoms with Gasteiger partial charge in [-0.1, -0.05) is 6.08 Å². The van der Waals surface area contributed by atoms with Crippen LogP contribution in [0.2, 0.25) is 0 Å². The Bertz CT molecular complexity index is 15.0. The largest absolute Gasteiger partial charge is 0.351 e. The molecule has 6 heavy (non-hydrogen) atoms. The van der Waals surface area contributed by atoms with Crippen LogP contribution in [0.4, 0.5) is 0 Å². The molecule has 0 unspecified atom stereocenters. The average Bonchev–Trinajstić information content (AvgIpc) is 1.46. The van der Waals surface area contributed by atoms with Crippen LogP contribution in [0.1, 0.15) is 6.92 Å². The summed E-state index contributed by atoms with van der Waals surface area (Å²) < 4.78 is 0. The van der Waals surface area contributed by atoms with Gasteiger partial charge in [0.15, 0.2) is 0 Å². The molecule has 0 bridgehead atoms. The van der Waals surface area contributed by atoms with E-state index in [1.807, 2.05) is 6.92 Å². The second-order valence-corrected chi connectivity index (χ2v) is 0.408. The Labute approximate surface area is 57.7 Å². The molecule has 0 aromatic rings. The predicted octanol–water partition coefficient (Wildman–Crippen LogP) is 0.333. The monoisotopic (exact) mass is 282 g/mol. The zero-order valence-corrected chi connectivity index (χ0v) is 8.58. The van der Waals surface area contributed by atoms with Crippen LogP contribution in [0, 0.1) is 6.55 Å². The molecule has 0 aliphatic carbocycles. The quantitative estimate of drug-likeness (QED) is 0.341. The first-order chi connectivity index (χ1) is 2.41. The summed E-state index contributed by atoms with van der Waals surface area (Å²) in [4.78, 5) is 0. The van der Waals surface area contributed by atoms with Gasteiger partial charge in [0.1, 0.15) is 0 Å². The zero-order chi connectivity index (χ0) is 4.71. The topological polar surface area (TPSA) is 0 Å². The van der Waals surface area contributed by atoms with E-state index in [0.29, 0.717) is 0 Å². The van der Waals surface area contributed by atoms with Gasteiger partial charge in [-0.25, -0.2) is 0 Å². The molecule has 0 aliphatic rings. The second-order valence-electron chi connectivity index (χ2n) is 0.408. The van der Waals surface area contributed by atoms with Gasteiger partial charge in [-0.2, -0.15) is 0 Å². The van der Waals surface area contributed by atoms with Gasteiger partial charge >= 0.3 is 0 Å². The first-order valence-electron chi connectivity index (χ1n) is 1.69. The van der Waals surface area contributed by atoms with Crippen molar-refractivity contribution in [1.29, 1.82) is 0 Å². The van der Waals surface area contributed by atoms with Gasteiger partial charge in [0, 0.05) is 21.1 Å². The molecule has 0 aliphatic heterocycles. The second kappa shape index (κ2) is 45.0. The Morgan fingerprint density at radius 1 is 1.67 bits per heavy atom. The first kappa shape index (κ1) is 15.9. The molecule has 0 nitrogen and oxygen atoms in total. The molecule has 0 fully saturated rings. The molecule has 0 rings (SSSR count). The van der Waals surface area contributed by atoms with E-state index >= 15 is 0 Å². The molecule has 0 radical (unpaired) electrons. The Balaban J connectivity index is -0.0000000275. The molecule has 0 amide bonds. The van der Waals surface area contributed by atoms with Crippen molar-refractivity contribution >= 4 is 10.2 Å². The molecule has 0 aromatic carbocycles. The number of hydrogen-bond donors (Lipinski definition) is 0. The predicted molar refractivity (Wildman–Crippen MR) is 31.2 cm³/mol. The third-order valence-corrected chi connectivity index (χ3v) is 0. The third-order valence-electron chi connectivity index (χ3n) is 0. The van der Waals surface area contributed by atoms with E-state index in [0.717, 1.165) is 10.2 Å². The SMILES string of the molecule is C=CC.[CH2-][SiH3].[Pt]. The molecule has 0 spiro atoms. The maximum absolute atomic E-state index is 3.39. The summed E-state index contributed by atoms with van der Waals surface area (Å²) >= 11 is 0. The van der Waals surface area contributed by atoms with Crippen LogP contribution in [0.3, 0.4) is 0 Å². The molecular weight excluding hydrogens is 271 g/mol. The summed E-state index contributed by atoms with van der Waals surface area (Å²) in [5.74, 6) is 0. The minimum Gasteiger partial charge on any atom is -0.351 e. The van der Waals surface area contributed by atoms with Crippen LogP contribution in [0.5, 0.6) is 0 Å². The summed E-state index contributed by atoms with van der Waals surface area (Å²) in [6, 6.07) is 0. The Morgan fingerprint density at radius 2 is 1.67 bits per heavy atom. The summed E-state index contributed by atoms with van der Waals surface area (Å²) in [6.45, 7) is 8.64. The minimum atomic E-state index is 0. The molecule has 42 valence electrons. The molecule has 0 aromatic heterocycles. The summed E-state index contributed by atoms with van der Waals surface area (Å²) in [7, 11) is 1.06. The van der Waals surface area contributed by atoms with Gasteiger partial charge in [-0.05, 0) is 6.92 Å². The molecule has 0 N–H and O–H groups in total. The number of hydrogen-bond acceptors (Lipinski definition) is 0. The van der Waals surface area contributed by atoms with E-state index in [-0.39, 0.29) is 21.1 Å². The zero-order valence-electron chi connectivity index (χ0n) is 4.31. The van der Waals surface area contributed by atoms with Crippen LogP contribution in [0.25, 0.3) is 0 Å². The fourth-order valence-electron chi connectivity index (χ4n) is 0. The van der Waals surface area contributed by atoms with Crippen molar-refractivity contribution in [3.8, 4) is 0 Å². The fraction of sp³-hybridized carbons (Fsp3) is 0.250. The van der Waals surface area contributed by atoms with E-state index in [9.17, 15) is 0 Å². The third kappa shape index (κ3) is 148. The fourth-order valence-corrected chi connectivity index (χ4v) is 0. The van der Waals surface area contributed by atoms with Crippen molar-refractivity contribution in [3.63, 3.8) is 0 Å². The van der Waals surface area contributed by atoms with Crippen molar-refractivity contribution in [3.05, 3.63) is 19.2 Å². The van der Waals surface area contributed by atoms with Crippen molar-refractivity contribution in [2.45, 2.75) is 6.92 Å². The molecule has 0 saturated heterocycles. The maximum Gasteiger partial charge on any atom is 0 e. The van der Waals surface area contributed by atoms with Crippen LogP contribution in [-0.4, -0.2) is 10.2 Å². The van der Waals surface area contributed by atoms with Gasteiger partial charge in [0.05, 0.1) is 0 Å². The summed E-state index contributed by atoms with van der Waals surface area (Å²) in [5.41, 5.74) is 0. The van der Waals surface area contributed by atoms with Crippen LogP contribution in [0.15, 0.2) is 12.7 Å². The number of rotatable bonds is 0. The molecule has 0 saturated carbocycles. The summed E-state index contributed by atoms with van der Waals surface area (Å²) in [6.07, 6.45) is 1.75. The van der Waals surface area contributed by atoms with E-state index in [2.05, 4.69) is 13.1 Å². The van der Waals surface area contributed by atoms with Crippen molar-refractivity contribution < 1.29 is 21.1 Å². The summed E-state index contributed by atoms with van der Waals surface area (Å²) in [5, 5.41) is 0. The number of allylic oxidation sites excluding steroid dienone is 1. The van der Waals surface area contributed by atoms with Crippen LogP contribution >= 0.6 is 0 Å². The Hall–Kier alpha value is 0.645.